The predicted molar refractivity (Wildman–Crippen MR) is 120 cm³/mol. The molecule has 1 saturated carbocycles. The van der Waals surface area contributed by atoms with Crippen LogP contribution in [0.4, 0.5) is 4.39 Å². The Morgan fingerprint density at radius 1 is 1.15 bits per heavy atom. The van der Waals surface area contributed by atoms with Crippen LogP contribution in [0, 0.1) is 5.82 Å². The van der Waals surface area contributed by atoms with E-state index in [1.165, 1.54) is 26.4 Å². The Labute approximate surface area is 194 Å². The lowest BCUT2D eigenvalue weighted by atomic mass is 10.0. The summed E-state index contributed by atoms with van der Waals surface area (Å²) in [6.07, 6.45) is 3.99. The predicted octanol–water partition coefficient (Wildman–Crippen LogP) is 3.79. The normalized spacial score (nSPS) is 16.9. The topological polar surface area (TPSA) is 101 Å². The first-order valence-electron chi connectivity index (χ1n) is 10.8. The lowest BCUT2D eigenvalue weighted by Crippen LogP contribution is -2.04. The highest BCUT2D eigenvalue weighted by Gasteiger charge is 2.41. The smallest absolute Gasteiger partial charge is 0.358 e. The molecule has 0 spiro atoms. The maximum atomic E-state index is 13.4. The number of rotatable bonds is 7. The van der Waals surface area contributed by atoms with Crippen LogP contribution in [-0.4, -0.2) is 51.4 Å². The largest absolute Gasteiger partial charge is 0.480 e. The van der Waals surface area contributed by atoms with E-state index in [-0.39, 0.29) is 36.0 Å². The van der Waals surface area contributed by atoms with E-state index < -0.39 is 5.97 Å². The van der Waals surface area contributed by atoms with Gasteiger partial charge in [-0.15, -0.1) is 0 Å². The van der Waals surface area contributed by atoms with Gasteiger partial charge in [-0.05, 0) is 48.9 Å². The van der Waals surface area contributed by atoms with Crippen molar-refractivity contribution in [2.75, 3.05) is 20.8 Å². The van der Waals surface area contributed by atoms with E-state index in [1.54, 1.807) is 36.0 Å². The van der Waals surface area contributed by atoms with Crippen molar-refractivity contribution in [1.82, 2.24) is 24.6 Å². The number of esters is 1. The van der Waals surface area contributed by atoms with Gasteiger partial charge in [-0.1, -0.05) is 12.1 Å². The molecule has 0 radical (unpaired) electrons. The van der Waals surface area contributed by atoms with Crippen LogP contribution in [0.2, 0.25) is 0 Å². The van der Waals surface area contributed by atoms with Crippen molar-refractivity contribution in [3.8, 4) is 23.1 Å². The van der Waals surface area contributed by atoms with Crippen LogP contribution in [-0.2, 0) is 4.74 Å². The van der Waals surface area contributed by atoms with Crippen molar-refractivity contribution >= 4 is 11.6 Å². The van der Waals surface area contributed by atoms with Crippen molar-refractivity contribution in [2.24, 2.45) is 0 Å². The number of hydrogen-bond acceptors (Lipinski definition) is 8. The average Bonchev–Trinajstić information content (AvgIpc) is 3.53. The zero-order valence-electron chi connectivity index (χ0n) is 18.9. The summed E-state index contributed by atoms with van der Waals surface area (Å²) < 4.78 is 30.6. The average molecular weight is 463 g/mol. The van der Waals surface area contributed by atoms with Gasteiger partial charge in [0.15, 0.2) is 11.3 Å². The summed E-state index contributed by atoms with van der Waals surface area (Å²) in [5, 5.41) is 4.65. The lowest BCUT2D eigenvalue weighted by Gasteiger charge is -2.10. The van der Waals surface area contributed by atoms with E-state index in [0.717, 1.165) is 17.5 Å². The number of methoxy groups -OCH3 is 2. The minimum absolute atomic E-state index is 0.123. The fourth-order valence-corrected chi connectivity index (χ4v) is 4.11. The molecule has 0 amide bonds. The number of imidazole rings is 1. The molecule has 0 N–H and O–H groups in total. The summed E-state index contributed by atoms with van der Waals surface area (Å²) in [6.45, 7) is 1.98. The minimum Gasteiger partial charge on any atom is -0.480 e. The van der Waals surface area contributed by atoms with Crippen molar-refractivity contribution in [2.45, 2.75) is 25.2 Å². The van der Waals surface area contributed by atoms with Crippen LogP contribution in [0.25, 0.3) is 16.9 Å². The number of carbonyl (C=O) groups excluding carboxylic acids is 1. The van der Waals surface area contributed by atoms with Crippen LogP contribution in [0.3, 0.4) is 0 Å². The van der Waals surface area contributed by atoms with E-state index in [4.69, 9.17) is 14.2 Å². The number of halogens is 1. The monoisotopic (exact) mass is 463 g/mol. The molecule has 1 aliphatic rings. The summed E-state index contributed by atoms with van der Waals surface area (Å²) in [4.78, 5) is 25.3. The molecule has 1 aliphatic carbocycles. The van der Waals surface area contributed by atoms with Crippen LogP contribution in [0.5, 0.6) is 11.9 Å². The first kappa shape index (κ1) is 21.7. The Kier molecular flexibility index (Phi) is 5.56. The number of hydrogen-bond donors (Lipinski definition) is 0. The van der Waals surface area contributed by atoms with Gasteiger partial charge in [0, 0.05) is 11.8 Å². The Balaban J connectivity index is 1.62. The molecule has 2 unspecified atom stereocenters. The van der Waals surface area contributed by atoms with Gasteiger partial charge in [0.1, 0.15) is 5.82 Å². The Morgan fingerprint density at radius 3 is 2.65 bits per heavy atom. The number of nitrogens with zero attached hydrogens (tertiary/aromatic N) is 5. The molecule has 1 aromatic carbocycles. The van der Waals surface area contributed by atoms with Gasteiger partial charge >= 0.3 is 12.0 Å². The van der Waals surface area contributed by atoms with Crippen LogP contribution >= 0.6 is 0 Å². The van der Waals surface area contributed by atoms with E-state index in [0.29, 0.717) is 22.8 Å². The molecule has 1 fully saturated rings. The zero-order chi connectivity index (χ0) is 23.8. The maximum Gasteiger partial charge on any atom is 0.358 e. The van der Waals surface area contributed by atoms with Gasteiger partial charge < -0.3 is 14.2 Å². The number of ether oxygens (including phenoxy) is 3. The van der Waals surface area contributed by atoms with Crippen LogP contribution in [0.1, 0.15) is 46.8 Å². The highest BCUT2D eigenvalue weighted by Crippen LogP contribution is 2.55. The fraction of sp³-hybridized carbons (Fsp3) is 0.292. The third kappa shape index (κ3) is 3.91. The molecule has 0 saturated heterocycles. The zero-order valence-corrected chi connectivity index (χ0v) is 18.9. The second-order valence-electron chi connectivity index (χ2n) is 7.88. The summed E-state index contributed by atoms with van der Waals surface area (Å²) >= 11 is 0. The highest BCUT2D eigenvalue weighted by molar-refractivity contribution is 5.88. The fourth-order valence-electron chi connectivity index (χ4n) is 4.11. The second kappa shape index (κ2) is 8.69. The lowest BCUT2D eigenvalue weighted by molar-refractivity contribution is 0.0520. The molecule has 0 bridgehead atoms. The van der Waals surface area contributed by atoms with Gasteiger partial charge in [0.05, 0.1) is 38.3 Å². The van der Waals surface area contributed by atoms with E-state index in [9.17, 15) is 9.18 Å². The third-order valence-corrected chi connectivity index (χ3v) is 5.81. The van der Waals surface area contributed by atoms with Crippen molar-refractivity contribution in [3.05, 3.63) is 65.4 Å². The molecule has 0 aliphatic heterocycles. The van der Waals surface area contributed by atoms with E-state index in [2.05, 4.69) is 20.1 Å². The molecule has 3 heterocycles. The highest BCUT2D eigenvalue weighted by atomic mass is 19.1. The summed E-state index contributed by atoms with van der Waals surface area (Å²) in [6, 6.07) is 8.62. The molecular weight excluding hydrogens is 441 g/mol. The van der Waals surface area contributed by atoms with Gasteiger partial charge in [-0.2, -0.15) is 10.1 Å². The van der Waals surface area contributed by atoms with Crippen molar-refractivity contribution in [3.63, 3.8) is 0 Å². The van der Waals surface area contributed by atoms with Crippen LogP contribution < -0.4 is 9.47 Å². The molecule has 2 atom stereocenters. The number of aromatic nitrogens is 5. The van der Waals surface area contributed by atoms with Crippen LogP contribution in [0.15, 0.2) is 42.7 Å². The Hall–Kier alpha value is -4.08. The molecule has 10 heteroatoms. The molecule has 5 rings (SSSR count). The standard InChI is InChI=1S/C24H22FN5O4/c1-4-34-23(31)20-12-30-21(27-20)17(16-9-15(16)13-5-7-14(25)8-6-13)10-19(29-30)18-11-26-24(33-3)28-22(18)32-2/h5-8,10-12,15-16H,4,9H2,1-3H3. The number of carbonyl (C=O) groups is 1. The molecule has 3 aromatic heterocycles. The molecule has 174 valence electrons. The molecule has 34 heavy (non-hydrogen) atoms. The van der Waals surface area contributed by atoms with Gasteiger partial charge in [-0.3, -0.25) is 0 Å². The molecular formula is C24H22FN5O4. The summed E-state index contributed by atoms with van der Waals surface area (Å²) in [5.41, 5.74) is 3.81. The summed E-state index contributed by atoms with van der Waals surface area (Å²) in [5.74, 6) is -0.153. The first-order chi connectivity index (χ1) is 16.5. The number of fused-ring (bicyclic) bond motifs is 1. The minimum atomic E-state index is -0.517. The molecule has 4 aromatic rings. The SMILES string of the molecule is CCOC(=O)c1cn2nc(-c3cnc(OC)nc3OC)cc(C3CC3c3ccc(F)cc3)c2n1. The maximum absolute atomic E-state index is 13.4. The quantitative estimate of drug-likeness (QED) is 0.382. The van der Waals surface area contributed by atoms with Gasteiger partial charge in [0.2, 0.25) is 5.88 Å². The van der Waals surface area contributed by atoms with E-state index >= 15 is 0 Å². The van der Waals surface area contributed by atoms with E-state index in [1.807, 2.05) is 6.07 Å². The number of benzene rings is 1. The molecule has 9 nitrogen and oxygen atoms in total. The third-order valence-electron chi connectivity index (χ3n) is 5.81. The van der Waals surface area contributed by atoms with Gasteiger partial charge in [0.25, 0.3) is 0 Å². The van der Waals surface area contributed by atoms with Crippen molar-refractivity contribution < 1.29 is 23.4 Å². The van der Waals surface area contributed by atoms with Gasteiger partial charge in [-0.25, -0.2) is 23.7 Å². The second-order valence-corrected chi connectivity index (χ2v) is 7.88. The Morgan fingerprint density at radius 2 is 1.94 bits per heavy atom. The first-order valence-corrected chi connectivity index (χ1v) is 10.8. The van der Waals surface area contributed by atoms with Crippen molar-refractivity contribution in [1.29, 1.82) is 0 Å². The summed E-state index contributed by atoms with van der Waals surface area (Å²) in [7, 11) is 2.98. The Bertz CT molecular complexity index is 1370.